The van der Waals surface area contributed by atoms with Crippen LogP contribution in [-0.2, 0) is 11.0 Å². The van der Waals surface area contributed by atoms with Gasteiger partial charge in [0.25, 0.3) is 0 Å². The van der Waals surface area contributed by atoms with E-state index in [1.54, 1.807) is 6.07 Å². The maximum Gasteiger partial charge on any atom is 0.416 e. The second kappa shape index (κ2) is 5.10. The van der Waals surface area contributed by atoms with Gasteiger partial charge in [-0.15, -0.1) is 10.2 Å². The van der Waals surface area contributed by atoms with Crippen molar-refractivity contribution in [1.82, 2.24) is 10.2 Å². The molecule has 0 saturated heterocycles. The van der Waals surface area contributed by atoms with Crippen LogP contribution in [0.25, 0.3) is 0 Å². The van der Waals surface area contributed by atoms with Crippen molar-refractivity contribution in [2.75, 3.05) is 5.32 Å². The second-order valence-corrected chi connectivity index (χ2v) is 5.60. The van der Waals surface area contributed by atoms with Gasteiger partial charge in [0.1, 0.15) is 5.51 Å². The first-order valence-electron chi connectivity index (χ1n) is 6.20. The predicted molar refractivity (Wildman–Crippen MR) is 70.8 cm³/mol. The van der Waals surface area contributed by atoms with Crippen LogP contribution in [0.5, 0.6) is 0 Å². The Morgan fingerprint density at radius 2 is 2.10 bits per heavy atom. The summed E-state index contributed by atoms with van der Waals surface area (Å²) in [6.07, 6.45) is -3.99. The molecule has 1 aromatic heterocycles. The third-order valence-corrected chi connectivity index (χ3v) is 3.99. The molecule has 2 aromatic rings. The fourth-order valence-electron chi connectivity index (χ4n) is 2.33. The molecule has 1 N–H and O–H groups in total. The van der Waals surface area contributed by atoms with Crippen molar-refractivity contribution >= 4 is 22.4 Å². The van der Waals surface area contributed by atoms with Crippen molar-refractivity contribution in [3.63, 3.8) is 0 Å². The summed E-state index contributed by atoms with van der Waals surface area (Å²) >= 11 is 1.17. The summed E-state index contributed by atoms with van der Waals surface area (Å²) in [7, 11) is 0. The van der Waals surface area contributed by atoms with Crippen LogP contribution in [0, 0.1) is 5.92 Å². The van der Waals surface area contributed by atoms with Gasteiger partial charge in [-0.05, 0) is 24.0 Å². The van der Waals surface area contributed by atoms with Crippen molar-refractivity contribution in [1.29, 1.82) is 0 Å². The lowest BCUT2D eigenvalue weighted by Gasteiger charge is -2.12. The molecule has 0 radical (unpaired) electrons. The highest BCUT2D eigenvalue weighted by Crippen LogP contribution is 2.51. The summed E-state index contributed by atoms with van der Waals surface area (Å²) in [4.78, 5) is 12.0. The number of benzene rings is 1. The van der Waals surface area contributed by atoms with Crippen molar-refractivity contribution < 1.29 is 18.0 Å². The number of nitrogens with one attached hydrogen (secondary N) is 1. The van der Waals surface area contributed by atoms with Crippen LogP contribution >= 0.6 is 11.3 Å². The Balaban J connectivity index is 1.75. The van der Waals surface area contributed by atoms with Crippen LogP contribution in [-0.4, -0.2) is 16.1 Å². The maximum atomic E-state index is 13.0. The number of carbonyl (C=O) groups is 1. The van der Waals surface area contributed by atoms with E-state index in [1.165, 1.54) is 29.0 Å². The van der Waals surface area contributed by atoms with Gasteiger partial charge in [0.05, 0.1) is 5.56 Å². The van der Waals surface area contributed by atoms with E-state index in [0.29, 0.717) is 11.6 Å². The molecular weight excluding hydrogens is 303 g/mol. The number of amides is 1. The monoisotopic (exact) mass is 313 g/mol. The van der Waals surface area contributed by atoms with Gasteiger partial charge in [0.2, 0.25) is 11.0 Å². The molecule has 1 heterocycles. The van der Waals surface area contributed by atoms with Gasteiger partial charge < -0.3 is 5.32 Å². The molecule has 1 aliphatic rings. The minimum Gasteiger partial charge on any atom is -0.300 e. The Morgan fingerprint density at radius 1 is 1.33 bits per heavy atom. The number of halogens is 3. The van der Waals surface area contributed by atoms with E-state index in [2.05, 4.69) is 15.5 Å². The van der Waals surface area contributed by atoms with Gasteiger partial charge in [-0.2, -0.15) is 13.2 Å². The number of rotatable bonds is 3. The normalized spacial score (nSPS) is 21.1. The zero-order valence-electron chi connectivity index (χ0n) is 10.6. The summed E-state index contributed by atoms with van der Waals surface area (Å²) in [5, 5.41) is 10.2. The molecule has 110 valence electrons. The molecular formula is C13H10F3N3OS. The number of hydrogen-bond donors (Lipinski definition) is 1. The quantitative estimate of drug-likeness (QED) is 0.946. The minimum absolute atomic E-state index is 0.183. The lowest BCUT2D eigenvalue weighted by Crippen LogP contribution is -2.15. The van der Waals surface area contributed by atoms with Crippen molar-refractivity contribution in [2.24, 2.45) is 5.92 Å². The van der Waals surface area contributed by atoms with Gasteiger partial charge >= 0.3 is 6.18 Å². The molecule has 1 aliphatic carbocycles. The van der Waals surface area contributed by atoms with E-state index in [0.717, 1.165) is 6.07 Å². The Kier molecular flexibility index (Phi) is 3.40. The maximum absolute atomic E-state index is 13.0. The van der Waals surface area contributed by atoms with Crippen LogP contribution in [0.2, 0.25) is 0 Å². The minimum atomic E-state index is -4.40. The smallest absolute Gasteiger partial charge is 0.300 e. The highest BCUT2D eigenvalue weighted by atomic mass is 32.1. The summed E-state index contributed by atoms with van der Waals surface area (Å²) in [6.45, 7) is 0. The molecule has 1 saturated carbocycles. The number of hydrogen-bond acceptors (Lipinski definition) is 4. The predicted octanol–water partition coefficient (Wildman–Crippen LogP) is 3.30. The fourth-order valence-corrected chi connectivity index (χ4v) is 2.78. The summed E-state index contributed by atoms with van der Waals surface area (Å²) in [6, 6.07) is 5.40. The zero-order chi connectivity index (χ0) is 15.0. The van der Waals surface area contributed by atoms with E-state index in [9.17, 15) is 18.0 Å². The molecule has 3 rings (SSSR count). The molecule has 0 aliphatic heterocycles. The topological polar surface area (TPSA) is 54.9 Å². The molecule has 0 unspecified atom stereocenters. The fraction of sp³-hybridized carbons (Fsp3) is 0.308. The van der Waals surface area contributed by atoms with Gasteiger partial charge in [0, 0.05) is 5.92 Å². The number of anilines is 1. The molecule has 1 fully saturated rings. The molecule has 1 aromatic carbocycles. The first-order valence-corrected chi connectivity index (χ1v) is 7.08. The first kappa shape index (κ1) is 14.0. The largest absolute Gasteiger partial charge is 0.416 e. The third kappa shape index (κ3) is 2.90. The molecule has 0 bridgehead atoms. The molecule has 1 amide bonds. The van der Waals surface area contributed by atoms with E-state index in [-0.39, 0.29) is 11.5 Å². The van der Waals surface area contributed by atoms with Crippen molar-refractivity contribution in [3.8, 4) is 0 Å². The average Bonchev–Trinajstić information content (AvgIpc) is 3.08. The molecule has 4 nitrogen and oxygen atoms in total. The Hall–Kier alpha value is -1.96. The Labute approximate surface area is 122 Å². The van der Waals surface area contributed by atoms with Crippen molar-refractivity contribution in [3.05, 3.63) is 40.9 Å². The van der Waals surface area contributed by atoms with Crippen LogP contribution < -0.4 is 5.32 Å². The third-order valence-electron chi connectivity index (χ3n) is 3.38. The molecule has 21 heavy (non-hydrogen) atoms. The molecule has 0 spiro atoms. The number of aromatic nitrogens is 2. The SMILES string of the molecule is O=C(Nc1nncs1)[C@H]1C[C@H]1c1ccccc1C(F)(F)F. The Bertz CT molecular complexity index is 657. The standard InChI is InChI=1S/C13H10F3N3OS/c14-13(15,16)10-4-2-1-3-7(10)8-5-9(8)11(20)18-12-19-17-6-21-12/h1-4,6,8-9H,5H2,(H,18,19,20)/t8-,9-/m0/s1. The van der Waals surface area contributed by atoms with Gasteiger partial charge in [-0.1, -0.05) is 29.5 Å². The summed E-state index contributed by atoms with van der Waals surface area (Å²) in [5.74, 6) is -1.15. The highest BCUT2D eigenvalue weighted by Gasteiger charge is 2.47. The molecule has 8 heteroatoms. The number of nitrogens with zero attached hydrogens (tertiary/aromatic N) is 2. The number of carbonyl (C=O) groups excluding carboxylic acids is 1. The van der Waals surface area contributed by atoms with Gasteiger partial charge in [-0.3, -0.25) is 4.79 Å². The Morgan fingerprint density at radius 3 is 2.76 bits per heavy atom. The highest BCUT2D eigenvalue weighted by molar-refractivity contribution is 7.13. The second-order valence-electron chi connectivity index (χ2n) is 4.77. The van der Waals surface area contributed by atoms with E-state index in [1.807, 2.05) is 0 Å². The average molecular weight is 313 g/mol. The molecule has 2 atom stereocenters. The van der Waals surface area contributed by atoms with Crippen LogP contribution in [0.15, 0.2) is 29.8 Å². The lowest BCUT2D eigenvalue weighted by atomic mass is 10.0. The first-order chi connectivity index (χ1) is 9.97. The number of alkyl halides is 3. The van der Waals surface area contributed by atoms with E-state index in [4.69, 9.17) is 0 Å². The van der Waals surface area contributed by atoms with E-state index < -0.39 is 23.6 Å². The van der Waals surface area contributed by atoms with Crippen molar-refractivity contribution in [2.45, 2.75) is 18.5 Å². The van der Waals surface area contributed by atoms with Gasteiger partial charge in [-0.25, -0.2) is 0 Å². The summed E-state index contributed by atoms with van der Waals surface area (Å²) < 4.78 is 38.9. The van der Waals surface area contributed by atoms with Crippen LogP contribution in [0.1, 0.15) is 23.5 Å². The van der Waals surface area contributed by atoms with E-state index >= 15 is 0 Å². The van der Waals surface area contributed by atoms with Crippen LogP contribution in [0.4, 0.5) is 18.3 Å². The zero-order valence-corrected chi connectivity index (χ0v) is 11.4. The van der Waals surface area contributed by atoms with Crippen LogP contribution in [0.3, 0.4) is 0 Å². The van der Waals surface area contributed by atoms with Gasteiger partial charge in [0.15, 0.2) is 0 Å². The summed E-state index contributed by atoms with van der Waals surface area (Å²) in [5.41, 5.74) is 0.988. The lowest BCUT2D eigenvalue weighted by molar-refractivity contribution is -0.138.